The van der Waals surface area contributed by atoms with Gasteiger partial charge in [0.2, 0.25) is 0 Å². The van der Waals surface area contributed by atoms with Crippen LogP contribution in [0, 0.1) is 0 Å². The molecule has 0 radical (unpaired) electrons. The van der Waals surface area contributed by atoms with E-state index in [0.29, 0.717) is 12.8 Å². The molecule has 0 aromatic rings. The van der Waals surface area contributed by atoms with Gasteiger partial charge in [0.25, 0.3) is 0 Å². The van der Waals surface area contributed by atoms with E-state index in [4.69, 9.17) is 16.3 Å². The van der Waals surface area contributed by atoms with Gasteiger partial charge in [-0.25, -0.2) is 0 Å². The summed E-state index contributed by atoms with van der Waals surface area (Å²) in [6, 6.07) is 0. The van der Waals surface area contributed by atoms with Crippen molar-refractivity contribution in [1.29, 1.82) is 0 Å². The SMILES string of the molecule is CCCC(=O)OC(Cl)CC. The summed E-state index contributed by atoms with van der Waals surface area (Å²) in [6.07, 6.45) is 1.94. The predicted octanol–water partition coefficient (Wildman–Crippen LogP) is 2.30. The molecule has 0 aromatic carbocycles. The Morgan fingerprint density at radius 3 is 2.60 bits per heavy atom. The summed E-state index contributed by atoms with van der Waals surface area (Å²) in [5.41, 5.74) is -0.445. The number of rotatable bonds is 4. The van der Waals surface area contributed by atoms with Gasteiger partial charge >= 0.3 is 5.97 Å². The molecule has 0 fully saturated rings. The molecular formula is C7H13ClO2. The maximum Gasteiger partial charge on any atom is 0.307 e. The second-order valence-electron chi connectivity index (χ2n) is 2.06. The summed E-state index contributed by atoms with van der Waals surface area (Å²) in [5.74, 6) is -0.204. The number of carbonyl (C=O) groups excluding carboxylic acids is 1. The first-order chi connectivity index (χ1) is 4.70. The van der Waals surface area contributed by atoms with Gasteiger partial charge in [0.1, 0.15) is 0 Å². The van der Waals surface area contributed by atoms with Crippen molar-refractivity contribution in [1.82, 2.24) is 0 Å². The number of hydrogen-bond donors (Lipinski definition) is 0. The number of hydrogen-bond acceptors (Lipinski definition) is 2. The maximum absolute atomic E-state index is 10.7. The first-order valence-electron chi connectivity index (χ1n) is 3.54. The molecule has 0 aliphatic carbocycles. The van der Waals surface area contributed by atoms with E-state index < -0.39 is 5.56 Å². The fraction of sp³-hybridized carbons (Fsp3) is 0.857. The maximum atomic E-state index is 10.7. The molecule has 3 heteroatoms. The third-order valence-corrected chi connectivity index (χ3v) is 1.43. The van der Waals surface area contributed by atoms with Crippen LogP contribution in [-0.4, -0.2) is 11.5 Å². The zero-order valence-electron chi connectivity index (χ0n) is 6.39. The molecule has 1 atom stereocenters. The lowest BCUT2D eigenvalue weighted by atomic mass is 10.3. The largest absolute Gasteiger partial charge is 0.446 e. The van der Waals surface area contributed by atoms with Crippen LogP contribution >= 0.6 is 11.6 Å². The smallest absolute Gasteiger partial charge is 0.307 e. The average molecular weight is 165 g/mol. The van der Waals surface area contributed by atoms with E-state index in [1.807, 2.05) is 13.8 Å². The molecule has 0 bridgehead atoms. The third-order valence-electron chi connectivity index (χ3n) is 1.03. The Labute approximate surface area is 66.5 Å². The Balaban J connectivity index is 3.37. The summed E-state index contributed by atoms with van der Waals surface area (Å²) in [4.78, 5) is 10.7. The van der Waals surface area contributed by atoms with E-state index in [9.17, 15) is 4.79 Å². The molecule has 1 unspecified atom stereocenters. The van der Waals surface area contributed by atoms with E-state index in [0.717, 1.165) is 6.42 Å². The Kier molecular flexibility index (Phi) is 5.40. The van der Waals surface area contributed by atoms with Crippen molar-refractivity contribution in [3.63, 3.8) is 0 Å². The van der Waals surface area contributed by atoms with Crippen LogP contribution in [0.1, 0.15) is 33.1 Å². The Morgan fingerprint density at radius 2 is 2.20 bits per heavy atom. The van der Waals surface area contributed by atoms with Crippen LogP contribution in [0.3, 0.4) is 0 Å². The minimum Gasteiger partial charge on any atom is -0.446 e. The van der Waals surface area contributed by atoms with Crippen molar-refractivity contribution in [3.8, 4) is 0 Å². The number of carbonyl (C=O) groups is 1. The molecule has 2 nitrogen and oxygen atoms in total. The van der Waals surface area contributed by atoms with Crippen LogP contribution < -0.4 is 0 Å². The van der Waals surface area contributed by atoms with Crippen molar-refractivity contribution in [2.24, 2.45) is 0 Å². The van der Waals surface area contributed by atoms with Gasteiger partial charge in [-0.15, -0.1) is 0 Å². The Hall–Kier alpha value is -0.240. The van der Waals surface area contributed by atoms with Gasteiger partial charge in [-0.2, -0.15) is 0 Å². The Morgan fingerprint density at radius 1 is 1.60 bits per heavy atom. The van der Waals surface area contributed by atoms with E-state index in [2.05, 4.69) is 0 Å². The fourth-order valence-corrected chi connectivity index (χ4v) is 0.588. The van der Waals surface area contributed by atoms with Gasteiger partial charge in [0.05, 0.1) is 0 Å². The van der Waals surface area contributed by atoms with Crippen molar-refractivity contribution >= 4 is 17.6 Å². The Bertz CT molecular complexity index is 104. The molecule has 0 saturated heterocycles. The standard InChI is InChI=1S/C7H13ClO2/c1-3-5-7(9)10-6(8)4-2/h6H,3-5H2,1-2H3. The van der Waals surface area contributed by atoms with Gasteiger partial charge in [-0.05, 0) is 12.8 Å². The van der Waals surface area contributed by atoms with E-state index in [-0.39, 0.29) is 5.97 Å². The third kappa shape index (κ3) is 4.62. The molecule has 0 amide bonds. The highest BCUT2D eigenvalue weighted by atomic mass is 35.5. The lowest BCUT2D eigenvalue weighted by Crippen LogP contribution is -2.10. The summed E-state index contributed by atoms with van der Waals surface area (Å²) in [7, 11) is 0. The molecule has 0 heterocycles. The molecule has 10 heavy (non-hydrogen) atoms. The van der Waals surface area contributed by atoms with Crippen LogP contribution in [-0.2, 0) is 9.53 Å². The number of halogens is 1. The van der Waals surface area contributed by atoms with E-state index >= 15 is 0 Å². The van der Waals surface area contributed by atoms with E-state index in [1.165, 1.54) is 0 Å². The van der Waals surface area contributed by atoms with Crippen LogP contribution in [0.25, 0.3) is 0 Å². The first-order valence-corrected chi connectivity index (χ1v) is 3.97. The summed E-state index contributed by atoms with van der Waals surface area (Å²) in [6.45, 7) is 3.80. The zero-order valence-corrected chi connectivity index (χ0v) is 7.15. The van der Waals surface area contributed by atoms with Gasteiger partial charge in [-0.1, -0.05) is 25.4 Å². The van der Waals surface area contributed by atoms with Crippen molar-refractivity contribution in [3.05, 3.63) is 0 Å². The summed E-state index contributed by atoms with van der Waals surface area (Å²) >= 11 is 5.55. The molecule has 0 aliphatic heterocycles. The highest BCUT2D eigenvalue weighted by molar-refractivity contribution is 6.20. The molecule has 0 aromatic heterocycles. The lowest BCUT2D eigenvalue weighted by Gasteiger charge is -2.06. The number of esters is 1. The van der Waals surface area contributed by atoms with Crippen molar-refractivity contribution < 1.29 is 9.53 Å². The highest BCUT2D eigenvalue weighted by Gasteiger charge is 2.06. The minimum atomic E-state index is -0.445. The predicted molar refractivity (Wildman–Crippen MR) is 40.9 cm³/mol. The highest BCUT2D eigenvalue weighted by Crippen LogP contribution is 2.04. The summed E-state index contributed by atoms with van der Waals surface area (Å²) < 4.78 is 4.77. The van der Waals surface area contributed by atoms with Crippen LogP contribution in [0.4, 0.5) is 0 Å². The number of alkyl halides is 1. The van der Waals surface area contributed by atoms with Crippen molar-refractivity contribution in [2.45, 2.75) is 38.7 Å². The molecule has 0 rings (SSSR count). The van der Waals surface area contributed by atoms with Crippen molar-refractivity contribution in [2.75, 3.05) is 0 Å². The second-order valence-corrected chi connectivity index (χ2v) is 2.54. The van der Waals surface area contributed by atoms with Crippen LogP contribution in [0.15, 0.2) is 0 Å². The minimum absolute atomic E-state index is 0.204. The fourth-order valence-electron chi connectivity index (χ4n) is 0.489. The number of ether oxygens (including phenoxy) is 1. The topological polar surface area (TPSA) is 26.3 Å². The quantitative estimate of drug-likeness (QED) is 0.471. The lowest BCUT2D eigenvalue weighted by molar-refractivity contribution is -0.145. The van der Waals surface area contributed by atoms with Gasteiger partial charge in [-0.3, -0.25) is 4.79 Å². The molecule has 0 N–H and O–H groups in total. The summed E-state index contributed by atoms with van der Waals surface area (Å²) in [5, 5.41) is 0. The normalized spacial score (nSPS) is 12.7. The van der Waals surface area contributed by atoms with Gasteiger partial charge < -0.3 is 4.74 Å². The average Bonchev–Trinajstić information content (AvgIpc) is 1.88. The second kappa shape index (κ2) is 5.54. The molecule has 60 valence electrons. The van der Waals surface area contributed by atoms with Crippen LogP contribution in [0.2, 0.25) is 0 Å². The monoisotopic (exact) mass is 164 g/mol. The first kappa shape index (κ1) is 9.76. The molecular weight excluding hydrogens is 152 g/mol. The van der Waals surface area contributed by atoms with E-state index in [1.54, 1.807) is 0 Å². The van der Waals surface area contributed by atoms with Crippen LogP contribution in [0.5, 0.6) is 0 Å². The van der Waals surface area contributed by atoms with Gasteiger partial charge in [0, 0.05) is 6.42 Å². The van der Waals surface area contributed by atoms with Gasteiger partial charge in [0.15, 0.2) is 5.56 Å². The molecule has 0 saturated carbocycles. The molecule has 0 spiro atoms. The zero-order chi connectivity index (χ0) is 7.98. The molecule has 0 aliphatic rings.